The molecule has 0 radical (unpaired) electrons. The quantitative estimate of drug-likeness (QED) is 0.847. The first-order valence-electron chi connectivity index (χ1n) is 6.28. The van der Waals surface area contributed by atoms with Crippen molar-refractivity contribution in [2.75, 3.05) is 19.0 Å². The Bertz CT molecular complexity index is 677. The van der Waals surface area contributed by atoms with Gasteiger partial charge in [0.25, 0.3) is 5.91 Å². The van der Waals surface area contributed by atoms with Crippen LogP contribution in [0.2, 0.25) is 0 Å². The lowest BCUT2D eigenvalue weighted by Gasteiger charge is -2.09. The number of furan rings is 1. The number of amides is 1. The van der Waals surface area contributed by atoms with E-state index in [0.717, 1.165) is 0 Å². The molecular formula is C15H13NO6. The smallest absolute Gasteiger partial charge is 0.341 e. The van der Waals surface area contributed by atoms with Gasteiger partial charge in [-0.1, -0.05) is 12.1 Å². The Balaban J connectivity index is 1.95. The van der Waals surface area contributed by atoms with Gasteiger partial charge >= 0.3 is 11.9 Å². The second kappa shape index (κ2) is 7.07. The zero-order valence-electron chi connectivity index (χ0n) is 11.7. The predicted octanol–water partition coefficient (Wildman–Crippen LogP) is 1.86. The van der Waals surface area contributed by atoms with Gasteiger partial charge < -0.3 is 19.2 Å². The largest absolute Gasteiger partial charge is 0.472 e. The first-order chi connectivity index (χ1) is 10.6. The molecule has 114 valence electrons. The van der Waals surface area contributed by atoms with Gasteiger partial charge in [0.15, 0.2) is 6.61 Å². The summed E-state index contributed by atoms with van der Waals surface area (Å²) in [7, 11) is 1.24. The minimum atomic E-state index is -0.676. The van der Waals surface area contributed by atoms with E-state index in [-0.39, 0.29) is 16.8 Å². The first kappa shape index (κ1) is 15.3. The summed E-state index contributed by atoms with van der Waals surface area (Å²) in [5.41, 5.74) is 0.695. The van der Waals surface area contributed by atoms with Crippen molar-refractivity contribution < 1.29 is 28.3 Å². The highest BCUT2D eigenvalue weighted by Gasteiger charge is 2.15. The molecule has 0 aliphatic rings. The van der Waals surface area contributed by atoms with Gasteiger partial charge in [-0.15, -0.1) is 0 Å². The minimum absolute atomic E-state index is 0.208. The third-order valence-corrected chi connectivity index (χ3v) is 2.70. The number of ether oxygens (including phenoxy) is 2. The van der Waals surface area contributed by atoms with E-state index < -0.39 is 24.5 Å². The molecule has 0 spiro atoms. The minimum Gasteiger partial charge on any atom is -0.472 e. The molecule has 0 saturated carbocycles. The van der Waals surface area contributed by atoms with E-state index >= 15 is 0 Å². The Hall–Kier alpha value is -3.09. The van der Waals surface area contributed by atoms with E-state index in [0.29, 0.717) is 0 Å². The van der Waals surface area contributed by atoms with E-state index in [1.165, 1.54) is 31.8 Å². The second-order valence-corrected chi connectivity index (χ2v) is 4.17. The fourth-order valence-corrected chi connectivity index (χ4v) is 1.66. The van der Waals surface area contributed by atoms with Crippen LogP contribution in [-0.2, 0) is 14.3 Å². The molecular weight excluding hydrogens is 290 g/mol. The fourth-order valence-electron chi connectivity index (χ4n) is 1.66. The van der Waals surface area contributed by atoms with Crippen LogP contribution >= 0.6 is 0 Å². The fraction of sp³-hybridized carbons (Fsp3) is 0.133. The first-order valence-corrected chi connectivity index (χ1v) is 6.28. The number of nitrogens with one attached hydrogen (secondary N) is 1. The van der Waals surface area contributed by atoms with Crippen LogP contribution in [0.15, 0.2) is 47.3 Å². The molecule has 2 rings (SSSR count). The zero-order valence-corrected chi connectivity index (χ0v) is 11.7. The van der Waals surface area contributed by atoms with Crippen LogP contribution in [0.25, 0.3) is 0 Å². The number of methoxy groups -OCH3 is 1. The number of hydrogen-bond donors (Lipinski definition) is 1. The molecule has 0 aliphatic carbocycles. The Kier molecular flexibility index (Phi) is 4.92. The highest BCUT2D eigenvalue weighted by Crippen LogP contribution is 2.15. The summed E-state index contributed by atoms with van der Waals surface area (Å²) in [6.45, 7) is -0.487. The standard InChI is InChI=1S/C15H13NO6/c1-20-15(19)11-4-2-3-5-12(11)16-13(17)9-22-14(18)10-6-7-21-8-10/h2-8H,9H2,1H3,(H,16,17). The summed E-state index contributed by atoms with van der Waals surface area (Å²) >= 11 is 0. The van der Waals surface area contributed by atoms with Crippen molar-refractivity contribution in [3.8, 4) is 0 Å². The molecule has 22 heavy (non-hydrogen) atoms. The Morgan fingerprint density at radius 2 is 1.91 bits per heavy atom. The molecule has 1 aromatic carbocycles. The van der Waals surface area contributed by atoms with Gasteiger partial charge in [0.05, 0.1) is 30.2 Å². The molecule has 0 unspecified atom stereocenters. The summed E-state index contributed by atoms with van der Waals surface area (Å²) in [4.78, 5) is 34.9. The third-order valence-electron chi connectivity index (χ3n) is 2.70. The molecule has 0 bridgehead atoms. The van der Waals surface area contributed by atoms with Crippen molar-refractivity contribution >= 4 is 23.5 Å². The molecule has 1 heterocycles. The number of carbonyl (C=O) groups excluding carboxylic acids is 3. The summed E-state index contributed by atoms with van der Waals surface area (Å²) in [6.07, 6.45) is 2.54. The van der Waals surface area contributed by atoms with Crippen molar-refractivity contribution in [3.05, 3.63) is 54.0 Å². The Labute approximate surface area is 125 Å². The lowest BCUT2D eigenvalue weighted by atomic mass is 10.2. The third kappa shape index (κ3) is 3.72. The van der Waals surface area contributed by atoms with Crippen LogP contribution in [0.3, 0.4) is 0 Å². The lowest BCUT2D eigenvalue weighted by Crippen LogP contribution is -2.22. The highest BCUT2D eigenvalue weighted by molar-refractivity contribution is 6.02. The van der Waals surface area contributed by atoms with Crippen molar-refractivity contribution in [2.45, 2.75) is 0 Å². The van der Waals surface area contributed by atoms with E-state index in [1.54, 1.807) is 18.2 Å². The number of carbonyl (C=O) groups is 3. The van der Waals surface area contributed by atoms with Crippen LogP contribution < -0.4 is 5.32 Å². The maximum absolute atomic E-state index is 11.8. The highest BCUT2D eigenvalue weighted by atomic mass is 16.5. The maximum Gasteiger partial charge on any atom is 0.341 e. The van der Waals surface area contributed by atoms with Gasteiger partial charge in [0.2, 0.25) is 0 Å². The lowest BCUT2D eigenvalue weighted by molar-refractivity contribution is -0.119. The van der Waals surface area contributed by atoms with Gasteiger partial charge in [-0.3, -0.25) is 4.79 Å². The van der Waals surface area contributed by atoms with Gasteiger partial charge in [-0.05, 0) is 18.2 Å². The molecule has 1 aromatic heterocycles. The average Bonchev–Trinajstić information content (AvgIpc) is 3.07. The number of esters is 2. The predicted molar refractivity (Wildman–Crippen MR) is 75.4 cm³/mol. The molecule has 0 aliphatic heterocycles. The van der Waals surface area contributed by atoms with Crippen molar-refractivity contribution in [3.63, 3.8) is 0 Å². The van der Waals surface area contributed by atoms with Gasteiger partial charge in [-0.2, -0.15) is 0 Å². The van der Waals surface area contributed by atoms with E-state index in [4.69, 9.17) is 9.15 Å². The number of para-hydroxylation sites is 1. The molecule has 7 nitrogen and oxygen atoms in total. The molecule has 0 saturated heterocycles. The average molecular weight is 303 g/mol. The van der Waals surface area contributed by atoms with Crippen LogP contribution in [0.4, 0.5) is 5.69 Å². The molecule has 1 N–H and O–H groups in total. The topological polar surface area (TPSA) is 94.8 Å². The van der Waals surface area contributed by atoms with Crippen LogP contribution in [0.1, 0.15) is 20.7 Å². The van der Waals surface area contributed by atoms with Crippen molar-refractivity contribution in [1.29, 1.82) is 0 Å². The van der Waals surface area contributed by atoms with Crippen molar-refractivity contribution in [1.82, 2.24) is 0 Å². The van der Waals surface area contributed by atoms with E-state index in [1.807, 2.05) is 0 Å². The van der Waals surface area contributed by atoms with Crippen LogP contribution in [0.5, 0.6) is 0 Å². The van der Waals surface area contributed by atoms with Crippen LogP contribution in [-0.4, -0.2) is 31.6 Å². The van der Waals surface area contributed by atoms with Crippen LogP contribution in [0, 0.1) is 0 Å². The molecule has 2 aromatic rings. The molecule has 0 fully saturated rings. The number of hydrogen-bond acceptors (Lipinski definition) is 6. The summed E-state index contributed by atoms with van der Waals surface area (Å²) in [6, 6.07) is 7.77. The van der Waals surface area contributed by atoms with Gasteiger partial charge in [0.1, 0.15) is 6.26 Å². The summed E-state index contributed by atoms with van der Waals surface area (Å²) < 4.78 is 14.2. The normalized spacial score (nSPS) is 9.86. The maximum atomic E-state index is 11.8. The Morgan fingerprint density at radius 3 is 2.59 bits per heavy atom. The second-order valence-electron chi connectivity index (χ2n) is 4.17. The molecule has 0 atom stereocenters. The van der Waals surface area contributed by atoms with E-state index in [2.05, 4.69) is 10.1 Å². The SMILES string of the molecule is COC(=O)c1ccccc1NC(=O)COC(=O)c1ccoc1. The van der Waals surface area contributed by atoms with Gasteiger partial charge in [-0.25, -0.2) is 9.59 Å². The number of benzene rings is 1. The van der Waals surface area contributed by atoms with E-state index in [9.17, 15) is 14.4 Å². The Morgan fingerprint density at radius 1 is 1.14 bits per heavy atom. The monoisotopic (exact) mass is 303 g/mol. The van der Waals surface area contributed by atoms with Crippen molar-refractivity contribution in [2.24, 2.45) is 0 Å². The number of rotatable bonds is 5. The molecule has 7 heteroatoms. The zero-order chi connectivity index (χ0) is 15.9. The summed E-state index contributed by atoms with van der Waals surface area (Å²) in [5, 5.41) is 2.49. The number of anilines is 1. The van der Waals surface area contributed by atoms with Gasteiger partial charge in [0, 0.05) is 0 Å². The molecule has 1 amide bonds. The summed E-state index contributed by atoms with van der Waals surface area (Å²) in [5.74, 6) is -1.83.